The zero-order chi connectivity index (χ0) is 27.3. The van der Waals surface area contributed by atoms with Crippen molar-refractivity contribution in [3.8, 4) is 0 Å². The molecule has 4 heterocycles. The monoisotopic (exact) mass is 541 g/mol. The number of hydrogen-bond acceptors (Lipinski definition) is 6. The molecule has 2 aromatic heterocycles. The van der Waals surface area contributed by atoms with Crippen molar-refractivity contribution in [1.29, 1.82) is 0 Å². The molecule has 2 aliphatic heterocycles. The van der Waals surface area contributed by atoms with Crippen LogP contribution in [0, 0.1) is 18.8 Å². The Morgan fingerprint density at radius 3 is 2.03 bits per heavy atom. The van der Waals surface area contributed by atoms with Gasteiger partial charge >= 0.3 is 24.3 Å². The topological polar surface area (TPSA) is 111 Å². The highest BCUT2D eigenvalue weighted by molar-refractivity contribution is 7.11. The van der Waals surface area contributed by atoms with E-state index in [2.05, 4.69) is 28.9 Å². The Morgan fingerprint density at radius 2 is 1.61 bits per heavy atom. The SMILES string of the molecule is Cc1ccc(CN2C[C@H]3CN(c4cccnc4)C(=O)[C@H]3C2)s1.O=C(O)C(F)(F)F.O=C(O)C(F)(F)F. The number of aliphatic carboxylic acids is 2. The fourth-order valence-electron chi connectivity index (χ4n) is 3.62. The molecule has 0 aliphatic carbocycles. The summed E-state index contributed by atoms with van der Waals surface area (Å²) in [5.74, 6) is -4.64. The fraction of sp³-hybridized carbons (Fsp3) is 0.429. The summed E-state index contributed by atoms with van der Waals surface area (Å²) in [5, 5.41) is 14.2. The predicted octanol–water partition coefficient (Wildman–Crippen LogP) is 3.81. The van der Waals surface area contributed by atoms with Crippen LogP contribution in [0.4, 0.5) is 32.0 Å². The lowest BCUT2D eigenvalue weighted by Gasteiger charge is -2.21. The van der Waals surface area contributed by atoms with Crippen LogP contribution in [0.15, 0.2) is 36.7 Å². The van der Waals surface area contributed by atoms with E-state index in [0.717, 1.165) is 31.9 Å². The molecule has 2 aromatic rings. The molecular formula is C21H21F6N3O5S. The first-order valence-corrected chi connectivity index (χ1v) is 11.0. The van der Waals surface area contributed by atoms with E-state index in [1.807, 2.05) is 28.4 Å². The summed E-state index contributed by atoms with van der Waals surface area (Å²) >= 11 is 1.86. The molecule has 15 heteroatoms. The van der Waals surface area contributed by atoms with Crippen LogP contribution in [0.3, 0.4) is 0 Å². The predicted molar refractivity (Wildman–Crippen MR) is 115 cm³/mol. The average molecular weight is 541 g/mol. The van der Waals surface area contributed by atoms with Crippen molar-refractivity contribution in [3.63, 3.8) is 0 Å². The number of aromatic nitrogens is 1. The van der Waals surface area contributed by atoms with Gasteiger partial charge in [-0.1, -0.05) is 0 Å². The van der Waals surface area contributed by atoms with Crippen LogP contribution in [0.2, 0.25) is 0 Å². The van der Waals surface area contributed by atoms with Gasteiger partial charge in [0.1, 0.15) is 0 Å². The van der Waals surface area contributed by atoms with Gasteiger partial charge in [0.05, 0.1) is 17.8 Å². The van der Waals surface area contributed by atoms with E-state index in [-0.39, 0.29) is 11.8 Å². The second-order valence-electron chi connectivity index (χ2n) is 7.84. The number of nitrogens with zero attached hydrogens (tertiary/aromatic N) is 3. The van der Waals surface area contributed by atoms with E-state index in [4.69, 9.17) is 19.8 Å². The van der Waals surface area contributed by atoms with Crippen LogP contribution in [0.1, 0.15) is 9.75 Å². The smallest absolute Gasteiger partial charge is 0.475 e. The van der Waals surface area contributed by atoms with Crippen LogP contribution < -0.4 is 4.90 Å². The summed E-state index contributed by atoms with van der Waals surface area (Å²) in [5.41, 5.74) is 0.933. The molecule has 0 radical (unpaired) electrons. The van der Waals surface area contributed by atoms with Gasteiger partial charge in [0, 0.05) is 48.0 Å². The number of carboxylic acids is 2. The second-order valence-corrected chi connectivity index (χ2v) is 9.21. The van der Waals surface area contributed by atoms with Gasteiger partial charge < -0.3 is 15.1 Å². The summed E-state index contributed by atoms with van der Waals surface area (Å²) in [6.45, 7) is 5.85. The molecule has 198 valence electrons. The van der Waals surface area contributed by atoms with E-state index in [0.29, 0.717) is 5.92 Å². The molecular weight excluding hydrogens is 520 g/mol. The number of fused-ring (bicyclic) bond motifs is 1. The van der Waals surface area contributed by atoms with E-state index in [1.54, 1.807) is 12.4 Å². The quantitative estimate of drug-likeness (QED) is 0.569. The molecule has 8 nitrogen and oxygen atoms in total. The zero-order valence-electron chi connectivity index (χ0n) is 18.6. The highest BCUT2D eigenvalue weighted by Gasteiger charge is 2.46. The Morgan fingerprint density at radius 1 is 1.03 bits per heavy atom. The standard InChI is InChI=1S/C17H19N3OS.2C2HF3O2/c1-12-4-5-15(22-12)10-19-8-13-9-20(17(21)16(13)11-19)14-3-2-6-18-7-14;2*3-2(4,5)1(6)7/h2-7,13,16H,8-11H2,1H3;2*(H,6,7)/t13-,16-;;/m0../s1. The van der Waals surface area contributed by atoms with Gasteiger partial charge in [0.2, 0.25) is 5.91 Å². The maximum atomic E-state index is 12.7. The molecule has 2 saturated heterocycles. The lowest BCUT2D eigenvalue weighted by atomic mass is 10.0. The molecule has 0 unspecified atom stereocenters. The lowest BCUT2D eigenvalue weighted by Crippen LogP contribution is -2.32. The van der Waals surface area contributed by atoms with Crippen LogP contribution in [0.25, 0.3) is 0 Å². The summed E-state index contributed by atoms with van der Waals surface area (Å²) in [6, 6.07) is 8.24. The van der Waals surface area contributed by atoms with Crippen molar-refractivity contribution in [1.82, 2.24) is 9.88 Å². The Hall–Kier alpha value is -3.20. The van der Waals surface area contributed by atoms with E-state index < -0.39 is 24.3 Å². The van der Waals surface area contributed by atoms with Crippen molar-refractivity contribution >= 4 is 34.9 Å². The molecule has 36 heavy (non-hydrogen) atoms. The van der Waals surface area contributed by atoms with Gasteiger partial charge in [-0.05, 0) is 31.2 Å². The van der Waals surface area contributed by atoms with E-state index in [9.17, 15) is 31.1 Å². The first-order chi connectivity index (χ1) is 16.6. The molecule has 2 N–H and O–H groups in total. The third-order valence-corrected chi connectivity index (χ3v) is 6.12. The Balaban J connectivity index is 0.000000271. The highest BCUT2D eigenvalue weighted by Crippen LogP contribution is 2.35. The fourth-order valence-corrected chi connectivity index (χ4v) is 4.55. The van der Waals surface area contributed by atoms with Gasteiger partial charge in [-0.2, -0.15) is 26.3 Å². The number of amides is 1. The third kappa shape index (κ3) is 8.19. The second kappa shape index (κ2) is 11.7. The van der Waals surface area contributed by atoms with Gasteiger partial charge in [-0.3, -0.25) is 14.7 Å². The van der Waals surface area contributed by atoms with E-state index >= 15 is 0 Å². The minimum Gasteiger partial charge on any atom is -0.475 e. The number of halogens is 6. The largest absolute Gasteiger partial charge is 0.490 e. The number of carbonyl (C=O) groups excluding carboxylic acids is 1. The molecule has 2 aliphatic rings. The van der Waals surface area contributed by atoms with Crippen molar-refractivity contribution in [2.75, 3.05) is 24.5 Å². The van der Waals surface area contributed by atoms with Gasteiger partial charge in [-0.25, -0.2) is 9.59 Å². The zero-order valence-corrected chi connectivity index (χ0v) is 19.4. The average Bonchev–Trinajstić information content (AvgIpc) is 3.44. The molecule has 0 aromatic carbocycles. The maximum absolute atomic E-state index is 12.7. The Labute approximate surface area is 204 Å². The number of alkyl halides is 6. The number of anilines is 1. The number of carbonyl (C=O) groups is 3. The lowest BCUT2D eigenvalue weighted by molar-refractivity contribution is -0.193. The molecule has 1 amide bonds. The third-order valence-electron chi connectivity index (χ3n) is 5.14. The number of hydrogen-bond donors (Lipinski definition) is 2. The van der Waals surface area contributed by atoms with Gasteiger partial charge in [-0.15, -0.1) is 11.3 Å². The first kappa shape index (κ1) is 29.0. The number of likely N-dealkylation sites (tertiary alicyclic amines) is 1. The number of aryl methyl sites for hydroxylation is 1. The Kier molecular flexibility index (Phi) is 9.43. The molecule has 2 fully saturated rings. The minimum atomic E-state index is -5.08. The van der Waals surface area contributed by atoms with Crippen molar-refractivity contribution in [2.45, 2.75) is 25.8 Å². The molecule has 4 rings (SSSR count). The van der Waals surface area contributed by atoms with E-state index in [1.165, 1.54) is 9.75 Å². The van der Waals surface area contributed by atoms with Gasteiger partial charge in [0.15, 0.2) is 0 Å². The first-order valence-electron chi connectivity index (χ1n) is 10.2. The minimum absolute atomic E-state index is 0.154. The number of pyridine rings is 1. The maximum Gasteiger partial charge on any atom is 0.490 e. The molecule has 0 bridgehead atoms. The summed E-state index contributed by atoms with van der Waals surface area (Å²) in [4.78, 5) is 41.7. The van der Waals surface area contributed by atoms with Crippen LogP contribution in [0.5, 0.6) is 0 Å². The van der Waals surface area contributed by atoms with Crippen LogP contribution in [-0.4, -0.2) is 69.9 Å². The molecule has 0 spiro atoms. The summed E-state index contributed by atoms with van der Waals surface area (Å²) in [7, 11) is 0. The van der Waals surface area contributed by atoms with Crippen LogP contribution in [-0.2, 0) is 20.9 Å². The van der Waals surface area contributed by atoms with Crippen LogP contribution >= 0.6 is 11.3 Å². The number of rotatable bonds is 3. The normalized spacial score (nSPS) is 19.6. The number of carboxylic acid groups (broad SMARTS) is 2. The van der Waals surface area contributed by atoms with Crippen molar-refractivity contribution < 1.29 is 50.9 Å². The molecule has 0 saturated carbocycles. The summed E-state index contributed by atoms with van der Waals surface area (Å²) in [6.07, 6.45) is -6.64. The highest BCUT2D eigenvalue weighted by atomic mass is 32.1. The Bertz CT molecular complexity index is 1040. The molecule has 2 atom stereocenters. The van der Waals surface area contributed by atoms with Crippen molar-refractivity contribution in [3.05, 3.63) is 46.4 Å². The summed E-state index contributed by atoms with van der Waals surface area (Å²) < 4.78 is 63.5. The number of thiophene rings is 1. The van der Waals surface area contributed by atoms with Gasteiger partial charge in [0.25, 0.3) is 0 Å². The van der Waals surface area contributed by atoms with Crippen molar-refractivity contribution in [2.24, 2.45) is 11.8 Å².